The third-order valence-electron chi connectivity index (χ3n) is 4.69. The molecule has 0 aliphatic heterocycles. The van der Waals surface area contributed by atoms with Gasteiger partial charge in [0.1, 0.15) is 0 Å². The molecule has 0 saturated carbocycles. The highest BCUT2D eigenvalue weighted by Gasteiger charge is 2.06. The largest absolute Gasteiger partial charge is 0.273 e. The number of carbonyl (C=O) groups excluding carboxylic acids is 1. The molecule has 0 spiro atoms. The molecule has 0 heterocycles. The van der Waals surface area contributed by atoms with Gasteiger partial charge in [0.05, 0.1) is 5.29 Å². The van der Waals surface area contributed by atoms with E-state index in [1.165, 1.54) is 96.8 Å². The maximum absolute atomic E-state index is 11.0. The van der Waals surface area contributed by atoms with Crippen LogP contribution in [-0.4, -0.2) is 17.5 Å². The Morgan fingerprint density at radius 2 is 1.00 bits per heavy atom. The fourth-order valence-corrected chi connectivity index (χ4v) is 3.07. The molecule has 0 aromatic rings. The standard InChI is InChI=1S/C20H40N2O2/c1-3-4-5-6-7-8-9-10-11-12-13-14-15-16-17-18-19-22(21-24)20(2)23/h3-19H2,1-2H3. The summed E-state index contributed by atoms with van der Waals surface area (Å²) in [6.45, 7) is 4.12. The molecular weight excluding hydrogens is 300 g/mol. The summed E-state index contributed by atoms with van der Waals surface area (Å²) in [7, 11) is 0. The van der Waals surface area contributed by atoms with E-state index in [0.29, 0.717) is 6.54 Å². The Balaban J connectivity index is 3.12. The molecule has 4 heteroatoms. The summed E-state index contributed by atoms with van der Waals surface area (Å²) in [4.78, 5) is 21.4. The number of amides is 1. The number of nitrogens with zero attached hydrogens (tertiary/aromatic N) is 2. The molecule has 1 amide bonds. The minimum atomic E-state index is -0.258. The third-order valence-corrected chi connectivity index (χ3v) is 4.69. The van der Waals surface area contributed by atoms with Gasteiger partial charge in [0, 0.05) is 13.5 Å². The predicted octanol–water partition coefficient (Wildman–Crippen LogP) is 6.78. The third kappa shape index (κ3) is 15.9. The first-order valence-corrected chi connectivity index (χ1v) is 10.3. The Morgan fingerprint density at radius 1 is 0.667 bits per heavy atom. The zero-order chi connectivity index (χ0) is 17.9. The zero-order valence-corrected chi connectivity index (χ0v) is 16.2. The monoisotopic (exact) mass is 340 g/mol. The van der Waals surface area contributed by atoms with Crippen molar-refractivity contribution in [2.45, 2.75) is 117 Å². The van der Waals surface area contributed by atoms with Gasteiger partial charge in [0.15, 0.2) is 0 Å². The van der Waals surface area contributed by atoms with E-state index >= 15 is 0 Å². The van der Waals surface area contributed by atoms with Crippen molar-refractivity contribution in [3.8, 4) is 0 Å². The van der Waals surface area contributed by atoms with Gasteiger partial charge in [0.25, 0.3) is 0 Å². The highest BCUT2D eigenvalue weighted by atomic mass is 16.3. The summed E-state index contributed by atoms with van der Waals surface area (Å²) in [6, 6.07) is 0. The number of hydrogen-bond donors (Lipinski definition) is 0. The fourth-order valence-electron chi connectivity index (χ4n) is 3.07. The molecule has 0 atom stereocenters. The summed E-state index contributed by atoms with van der Waals surface area (Å²) < 4.78 is 0. The topological polar surface area (TPSA) is 49.7 Å². The van der Waals surface area contributed by atoms with E-state index in [0.717, 1.165) is 17.9 Å². The minimum Gasteiger partial charge on any atom is -0.273 e. The summed E-state index contributed by atoms with van der Waals surface area (Å²) in [5, 5.41) is 3.75. The van der Waals surface area contributed by atoms with Gasteiger partial charge in [-0.25, -0.2) is 0 Å². The maximum Gasteiger partial charge on any atom is 0.242 e. The van der Waals surface area contributed by atoms with Crippen LogP contribution in [0.3, 0.4) is 0 Å². The summed E-state index contributed by atoms with van der Waals surface area (Å²) in [5.74, 6) is -0.258. The van der Waals surface area contributed by atoms with Crippen molar-refractivity contribution in [3.05, 3.63) is 4.91 Å². The molecule has 0 unspecified atom stereocenters. The Bertz CT molecular complexity index is 295. The number of rotatable bonds is 18. The summed E-state index contributed by atoms with van der Waals surface area (Å²) in [6.07, 6.45) is 21.2. The Morgan fingerprint density at radius 3 is 1.29 bits per heavy atom. The molecule has 0 radical (unpaired) electrons. The fraction of sp³-hybridized carbons (Fsp3) is 0.950. The molecular formula is C20H40N2O2. The molecule has 0 rings (SSSR count). The second-order valence-electron chi connectivity index (χ2n) is 7.03. The number of hydrogen-bond acceptors (Lipinski definition) is 3. The molecule has 4 nitrogen and oxygen atoms in total. The maximum atomic E-state index is 11.0. The van der Waals surface area contributed by atoms with E-state index in [2.05, 4.69) is 12.2 Å². The van der Waals surface area contributed by atoms with Crippen LogP contribution in [0.5, 0.6) is 0 Å². The highest BCUT2D eigenvalue weighted by molar-refractivity contribution is 5.72. The van der Waals surface area contributed by atoms with Gasteiger partial charge in [-0.1, -0.05) is 103 Å². The van der Waals surface area contributed by atoms with Gasteiger partial charge in [0.2, 0.25) is 5.91 Å². The average molecular weight is 341 g/mol. The molecule has 0 aromatic carbocycles. The van der Waals surface area contributed by atoms with Crippen LogP contribution in [0.1, 0.15) is 117 Å². The molecule has 0 fully saturated rings. The lowest BCUT2D eigenvalue weighted by Gasteiger charge is -2.09. The van der Waals surface area contributed by atoms with E-state index in [-0.39, 0.29) is 5.91 Å². The van der Waals surface area contributed by atoms with Crippen molar-refractivity contribution in [2.24, 2.45) is 5.29 Å². The van der Waals surface area contributed by atoms with Crippen LogP contribution in [0, 0.1) is 4.91 Å². The summed E-state index contributed by atoms with van der Waals surface area (Å²) in [5.41, 5.74) is 0. The molecule has 142 valence electrons. The SMILES string of the molecule is CCCCCCCCCCCCCCCCCCN(N=O)C(C)=O. The first-order valence-electron chi connectivity index (χ1n) is 10.3. The van der Waals surface area contributed by atoms with Crippen LogP contribution in [-0.2, 0) is 4.79 Å². The van der Waals surface area contributed by atoms with Crippen LogP contribution in [0.4, 0.5) is 0 Å². The van der Waals surface area contributed by atoms with Crippen LogP contribution in [0.2, 0.25) is 0 Å². The molecule has 24 heavy (non-hydrogen) atoms. The Labute approximate surface area is 149 Å². The van der Waals surface area contributed by atoms with Crippen LogP contribution in [0.25, 0.3) is 0 Å². The smallest absolute Gasteiger partial charge is 0.242 e. The first kappa shape index (κ1) is 23.1. The van der Waals surface area contributed by atoms with Crippen molar-refractivity contribution in [2.75, 3.05) is 6.54 Å². The number of carbonyl (C=O) groups is 1. The Kier molecular flexibility index (Phi) is 17.7. The molecule has 0 aliphatic carbocycles. The van der Waals surface area contributed by atoms with E-state index in [1.807, 2.05) is 0 Å². The van der Waals surface area contributed by atoms with Gasteiger partial charge in [-0.05, 0) is 6.42 Å². The van der Waals surface area contributed by atoms with Gasteiger partial charge in [-0.3, -0.25) is 4.79 Å². The Hall–Kier alpha value is -0.930. The second-order valence-corrected chi connectivity index (χ2v) is 7.03. The lowest BCUT2D eigenvalue weighted by atomic mass is 10.0. The highest BCUT2D eigenvalue weighted by Crippen LogP contribution is 2.13. The van der Waals surface area contributed by atoms with E-state index < -0.39 is 0 Å². The molecule has 0 saturated heterocycles. The zero-order valence-electron chi connectivity index (χ0n) is 16.2. The van der Waals surface area contributed by atoms with Gasteiger partial charge < -0.3 is 0 Å². The van der Waals surface area contributed by atoms with E-state index in [4.69, 9.17) is 0 Å². The van der Waals surface area contributed by atoms with Crippen molar-refractivity contribution in [1.29, 1.82) is 0 Å². The quantitative estimate of drug-likeness (QED) is 0.157. The van der Waals surface area contributed by atoms with E-state index in [9.17, 15) is 9.70 Å². The van der Waals surface area contributed by atoms with E-state index in [1.54, 1.807) is 0 Å². The predicted molar refractivity (Wildman–Crippen MR) is 103 cm³/mol. The average Bonchev–Trinajstić information content (AvgIpc) is 2.57. The van der Waals surface area contributed by atoms with Crippen LogP contribution < -0.4 is 0 Å². The van der Waals surface area contributed by atoms with Crippen LogP contribution in [0.15, 0.2) is 5.29 Å². The van der Waals surface area contributed by atoms with Crippen LogP contribution >= 0.6 is 0 Å². The summed E-state index contributed by atoms with van der Waals surface area (Å²) >= 11 is 0. The number of nitroso groups, excluding NO2 is 1. The van der Waals surface area contributed by atoms with Gasteiger partial charge in [-0.15, -0.1) is 4.91 Å². The van der Waals surface area contributed by atoms with Crippen molar-refractivity contribution in [1.82, 2.24) is 5.01 Å². The normalized spacial score (nSPS) is 10.8. The first-order chi connectivity index (χ1) is 11.7. The molecule has 0 N–H and O–H groups in total. The van der Waals surface area contributed by atoms with Crippen molar-refractivity contribution in [3.63, 3.8) is 0 Å². The minimum absolute atomic E-state index is 0.258. The second kappa shape index (κ2) is 18.4. The molecule has 0 aromatic heterocycles. The lowest BCUT2D eigenvalue weighted by Crippen LogP contribution is -2.23. The van der Waals surface area contributed by atoms with Crippen molar-refractivity contribution < 1.29 is 4.79 Å². The van der Waals surface area contributed by atoms with Crippen molar-refractivity contribution >= 4 is 5.91 Å². The van der Waals surface area contributed by atoms with Gasteiger partial charge in [-0.2, -0.15) is 5.01 Å². The molecule has 0 bridgehead atoms. The van der Waals surface area contributed by atoms with Gasteiger partial charge >= 0.3 is 0 Å². The number of unbranched alkanes of at least 4 members (excludes halogenated alkanes) is 15. The lowest BCUT2D eigenvalue weighted by molar-refractivity contribution is -0.129. The molecule has 0 aliphatic rings.